The van der Waals surface area contributed by atoms with Crippen LogP contribution in [0.15, 0.2) is 28.7 Å². The summed E-state index contributed by atoms with van der Waals surface area (Å²) in [6, 6.07) is 8.11. The summed E-state index contributed by atoms with van der Waals surface area (Å²) >= 11 is 3.41. The Kier molecular flexibility index (Phi) is 4.78. The SMILES string of the molecule is CN(Cc1ccc(Br)cc1)C(=O)C1CCCCN1. The first-order valence-corrected chi connectivity index (χ1v) is 7.19. The van der Waals surface area contributed by atoms with Crippen LogP contribution in [0.3, 0.4) is 0 Å². The summed E-state index contributed by atoms with van der Waals surface area (Å²) in [5.41, 5.74) is 1.16. The molecule has 1 aliphatic rings. The highest BCUT2D eigenvalue weighted by atomic mass is 79.9. The summed E-state index contributed by atoms with van der Waals surface area (Å²) in [5.74, 6) is 0.206. The zero-order valence-corrected chi connectivity index (χ0v) is 12.2. The van der Waals surface area contributed by atoms with Crippen LogP contribution < -0.4 is 5.32 Å². The Morgan fingerprint density at radius 1 is 1.39 bits per heavy atom. The molecule has 1 aliphatic heterocycles. The molecule has 0 aromatic heterocycles. The number of hydrogen-bond donors (Lipinski definition) is 1. The van der Waals surface area contributed by atoms with E-state index in [1.54, 1.807) is 0 Å². The van der Waals surface area contributed by atoms with E-state index in [2.05, 4.69) is 21.2 Å². The maximum absolute atomic E-state index is 12.2. The number of piperidine rings is 1. The molecule has 1 aromatic carbocycles. The zero-order valence-electron chi connectivity index (χ0n) is 10.7. The highest BCUT2D eigenvalue weighted by Gasteiger charge is 2.23. The molecule has 1 N–H and O–H groups in total. The van der Waals surface area contributed by atoms with E-state index in [4.69, 9.17) is 0 Å². The Morgan fingerprint density at radius 3 is 2.72 bits per heavy atom. The first-order valence-electron chi connectivity index (χ1n) is 6.39. The number of amides is 1. The highest BCUT2D eigenvalue weighted by Crippen LogP contribution is 2.14. The van der Waals surface area contributed by atoms with Crippen molar-refractivity contribution in [2.24, 2.45) is 0 Å². The second kappa shape index (κ2) is 6.34. The molecule has 0 aliphatic carbocycles. The topological polar surface area (TPSA) is 32.3 Å². The van der Waals surface area contributed by atoms with Gasteiger partial charge in [0.1, 0.15) is 0 Å². The van der Waals surface area contributed by atoms with Gasteiger partial charge < -0.3 is 10.2 Å². The monoisotopic (exact) mass is 310 g/mol. The minimum absolute atomic E-state index is 0.0131. The molecule has 1 atom stereocenters. The number of likely N-dealkylation sites (N-methyl/N-ethyl adjacent to an activating group) is 1. The Hall–Kier alpha value is -0.870. The lowest BCUT2D eigenvalue weighted by Crippen LogP contribution is -2.46. The van der Waals surface area contributed by atoms with Crippen LogP contribution in [0.25, 0.3) is 0 Å². The molecule has 1 aromatic rings. The van der Waals surface area contributed by atoms with Crippen molar-refractivity contribution in [2.45, 2.75) is 31.8 Å². The normalized spacial score (nSPS) is 19.6. The summed E-state index contributed by atoms with van der Waals surface area (Å²) in [4.78, 5) is 14.0. The summed E-state index contributed by atoms with van der Waals surface area (Å²) in [5, 5.41) is 3.30. The van der Waals surface area contributed by atoms with Gasteiger partial charge in [0.05, 0.1) is 6.04 Å². The van der Waals surface area contributed by atoms with Crippen LogP contribution in [0.1, 0.15) is 24.8 Å². The fourth-order valence-corrected chi connectivity index (χ4v) is 2.53. The fourth-order valence-electron chi connectivity index (χ4n) is 2.27. The third-order valence-corrected chi connectivity index (χ3v) is 3.85. The van der Waals surface area contributed by atoms with Crippen molar-refractivity contribution in [3.63, 3.8) is 0 Å². The Balaban J connectivity index is 1.92. The summed E-state index contributed by atoms with van der Waals surface area (Å²) in [7, 11) is 1.88. The molecule has 1 saturated heterocycles. The lowest BCUT2D eigenvalue weighted by atomic mass is 10.0. The van der Waals surface area contributed by atoms with Gasteiger partial charge in [-0.2, -0.15) is 0 Å². The van der Waals surface area contributed by atoms with Gasteiger partial charge in [-0.15, -0.1) is 0 Å². The van der Waals surface area contributed by atoms with E-state index in [-0.39, 0.29) is 11.9 Å². The molecule has 0 bridgehead atoms. The van der Waals surface area contributed by atoms with Gasteiger partial charge in [0, 0.05) is 18.1 Å². The van der Waals surface area contributed by atoms with Gasteiger partial charge in [-0.3, -0.25) is 4.79 Å². The minimum atomic E-state index is 0.0131. The second-order valence-electron chi connectivity index (χ2n) is 4.82. The average Bonchev–Trinajstić information content (AvgIpc) is 2.41. The molecule has 4 heteroatoms. The standard InChI is InChI=1S/C14H19BrN2O/c1-17(10-11-5-7-12(15)8-6-11)14(18)13-4-2-3-9-16-13/h5-8,13,16H,2-4,9-10H2,1H3. The van der Waals surface area contributed by atoms with Crippen LogP contribution in [-0.4, -0.2) is 30.4 Å². The molecule has 1 amide bonds. The van der Waals surface area contributed by atoms with E-state index in [0.29, 0.717) is 6.54 Å². The van der Waals surface area contributed by atoms with Crippen LogP contribution in [-0.2, 0) is 11.3 Å². The second-order valence-corrected chi connectivity index (χ2v) is 5.74. The molecule has 0 spiro atoms. The van der Waals surface area contributed by atoms with Crippen LogP contribution in [0.5, 0.6) is 0 Å². The van der Waals surface area contributed by atoms with Gasteiger partial charge in [-0.1, -0.05) is 34.5 Å². The first-order chi connectivity index (χ1) is 8.66. The van der Waals surface area contributed by atoms with Crippen molar-refractivity contribution in [2.75, 3.05) is 13.6 Å². The van der Waals surface area contributed by atoms with Crippen molar-refractivity contribution in [3.05, 3.63) is 34.3 Å². The lowest BCUT2D eigenvalue weighted by Gasteiger charge is -2.27. The number of rotatable bonds is 3. The van der Waals surface area contributed by atoms with Gasteiger partial charge in [0.15, 0.2) is 0 Å². The molecule has 1 unspecified atom stereocenters. The van der Waals surface area contributed by atoms with Gasteiger partial charge in [0.25, 0.3) is 0 Å². The predicted molar refractivity (Wildman–Crippen MR) is 76.3 cm³/mol. The average molecular weight is 311 g/mol. The number of benzene rings is 1. The molecule has 0 radical (unpaired) electrons. The number of carbonyl (C=O) groups excluding carboxylic acids is 1. The van der Waals surface area contributed by atoms with Crippen LogP contribution in [0, 0.1) is 0 Å². The molecular weight excluding hydrogens is 292 g/mol. The minimum Gasteiger partial charge on any atom is -0.340 e. The van der Waals surface area contributed by atoms with E-state index in [1.165, 1.54) is 6.42 Å². The summed E-state index contributed by atoms with van der Waals surface area (Å²) < 4.78 is 1.06. The first kappa shape index (κ1) is 13.6. The summed E-state index contributed by atoms with van der Waals surface area (Å²) in [6.45, 7) is 1.63. The van der Waals surface area contributed by atoms with Crippen molar-refractivity contribution in [1.29, 1.82) is 0 Å². The Morgan fingerprint density at radius 2 is 2.11 bits per heavy atom. The Labute approximate surface area is 117 Å². The van der Waals surface area contributed by atoms with Crippen molar-refractivity contribution in [1.82, 2.24) is 10.2 Å². The van der Waals surface area contributed by atoms with Crippen LogP contribution in [0.2, 0.25) is 0 Å². The Bertz CT molecular complexity index is 399. The molecule has 2 rings (SSSR count). The fraction of sp³-hybridized carbons (Fsp3) is 0.500. The van der Waals surface area contributed by atoms with Gasteiger partial charge in [-0.25, -0.2) is 0 Å². The van der Waals surface area contributed by atoms with E-state index in [9.17, 15) is 4.79 Å². The van der Waals surface area contributed by atoms with E-state index < -0.39 is 0 Å². The van der Waals surface area contributed by atoms with Crippen molar-refractivity contribution < 1.29 is 4.79 Å². The number of halogens is 1. The molecular formula is C14H19BrN2O. The van der Waals surface area contributed by atoms with Crippen molar-refractivity contribution in [3.8, 4) is 0 Å². The van der Waals surface area contributed by atoms with Gasteiger partial charge in [-0.05, 0) is 37.1 Å². The molecule has 1 heterocycles. The molecule has 98 valence electrons. The quantitative estimate of drug-likeness (QED) is 0.930. The highest BCUT2D eigenvalue weighted by molar-refractivity contribution is 9.10. The van der Waals surface area contributed by atoms with Gasteiger partial charge in [0.2, 0.25) is 5.91 Å². The molecule has 3 nitrogen and oxygen atoms in total. The maximum Gasteiger partial charge on any atom is 0.239 e. The molecule has 18 heavy (non-hydrogen) atoms. The number of nitrogens with one attached hydrogen (secondary N) is 1. The van der Waals surface area contributed by atoms with E-state index in [1.807, 2.05) is 36.2 Å². The summed E-state index contributed by atoms with van der Waals surface area (Å²) in [6.07, 6.45) is 3.29. The number of carbonyl (C=O) groups is 1. The smallest absolute Gasteiger partial charge is 0.239 e. The third-order valence-electron chi connectivity index (χ3n) is 3.32. The third kappa shape index (κ3) is 3.56. The lowest BCUT2D eigenvalue weighted by molar-refractivity contribution is -0.133. The van der Waals surface area contributed by atoms with Gasteiger partial charge >= 0.3 is 0 Å². The zero-order chi connectivity index (χ0) is 13.0. The van der Waals surface area contributed by atoms with E-state index >= 15 is 0 Å². The van der Waals surface area contributed by atoms with E-state index in [0.717, 1.165) is 29.4 Å². The van der Waals surface area contributed by atoms with Crippen LogP contribution in [0.4, 0.5) is 0 Å². The maximum atomic E-state index is 12.2. The number of hydrogen-bond acceptors (Lipinski definition) is 2. The molecule has 0 saturated carbocycles. The number of nitrogens with zero attached hydrogens (tertiary/aromatic N) is 1. The van der Waals surface area contributed by atoms with Crippen molar-refractivity contribution >= 4 is 21.8 Å². The molecule has 1 fully saturated rings. The largest absolute Gasteiger partial charge is 0.340 e. The predicted octanol–water partition coefficient (Wildman–Crippen LogP) is 2.55. The van der Waals surface area contributed by atoms with Crippen LogP contribution >= 0.6 is 15.9 Å².